The van der Waals surface area contributed by atoms with Crippen molar-refractivity contribution in [2.75, 3.05) is 0 Å². The Balaban J connectivity index is 5.20. The molecule has 1 unspecified atom stereocenters. The molecule has 0 saturated heterocycles. The summed E-state index contributed by atoms with van der Waals surface area (Å²) in [5.41, 5.74) is 3.69. The van der Waals surface area contributed by atoms with Gasteiger partial charge in [0.05, 0.1) is 5.92 Å². The average molecular weight is 288 g/mol. The van der Waals surface area contributed by atoms with Crippen LogP contribution >= 0.6 is 0 Å². The Hall–Kier alpha value is -1.79. The highest BCUT2D eigenvalue weighted by Gasteiger charge is 2.42. The van der Waals surface area contributed by atoms with Gasteiger partial charge in [0, 0.05) is 0 Å². The first-order chi connectivity index (χ1) is 8.75. The van der Waals surface area contributed by atoms with Crippen molar-refractivity contribution in [2.45, 2.75) is 53.2 Å². The van der Waals surface area contributed by atoms with E-state index in [2.05, 4.69) is 5.32 Å². The minimum atomic E-state index is -1.35. The first-order valence-corrected chi connectivity index (χ1v) is 6.27. The van der Waals surface area contributed by atoms with E-state index < -0.39 is 40.9 Å². The van der Waals surface area contributed by atoms with Gasteiger partial charge in [-0.1, -0.05) is 20.8 Å². The van der Waals surface area contributed by atoms with E-state index in [1.807, 2.05) is 0 Å². The largest absolute Gasteiger partial charge is 0.481 e. The number of hydrogen-bond donors (Lipinski definition) is 3. The normalized spacial score (nSPS) is 15.1. The van der Waals surface area contributed by atoms with Crippen molar-refractivity contribution in [3.8, 4) is 0 Å². The SMILES string of the molecule is CC(C)(C)OC(=O)N[C@H](C(N)=O)C(C(=O)O)C(C)(C)C. The van der Waals surface area contributed by atoms with Crippen LogP contribution in [0.4, 0.5) is 4.79 Å². The summed E-state index contributed by atoms with van der Waals surface area (Å²) in [6.07, 6.45) is -0.878. The summed E-state index contributed by atoms with van der Waals surface area (Å²) < 4.78 is 5.01. The van der Waals surface area contributed by atoms with Crippen LogP contribution in [0.2, 0.25) is 0 Å². The Morgan fingerprint density at radius 1 is 1.10 bits per heavy atom. The van der Waals surface area contributed by atoms with Crippen LogP contribution in [0, 0.1) is 11.3 Å². The number of hydrogen-bond acceptors (Lipinski definition) is 4. The van der Waals surface area contributed by atoms with Gasteiger partial charge in [0.25, 0.3) is 0 Å². The highest BCUT2D eigenvalue weighted by atomic mass is 16.6. The highest BCUT2D eigenvalue weighted by Crippen LogP contribution is 2.29. The van der Waals surface area contributed by atoms with E-state index in [0.29, 0.717) is 0 Å². The Morgan fingerprint density at radius 3 is 1.80 bits per heavy atom. The number of aliphatic carboxylic acids is 1. The predicted molar refractivity (Wildman–Crippen MR) is 72.9 cm³/mol. The van der Waals surface area contributed by atoms with Gasteiger partial charge in [0.1, 0.15) is 11.6 Å². The van der Waals surface area contributed by atoms with E-state index in [0.717, 1.165) is 0 Å². The Labute approximate surface area is 118 Å². The van der Waals surface area contributed by atoms with Crippen LogP contribution in [0.25, 0.3) is 0 Å². The maximum Gasteiger partial charge on any atom is 0.408 e. The van der Waals surface area contributed by atoms with Gasteiger partial charge in [-0.15, -0.1) is 0 Å². The van der Waals surface area contributed by atoms with Gasteiger partial charge in [-0.2, -0.15) is 0 Å². The molecule has 7 nitrogen and oxygen atoms in total. The number of nitrogens with one attached hydrogen (secondary N) is 1. The zero-order chi connectivity index (χ0) is 16.3. The second-order valence-electron chi connectivity index (χ2n) is 6.71. The van der Waals surface area contributed by atoms with Gasteiger partial charge >= 0.3 is 12.1 Å². The van der Waals surface area contributed by atoms with Gasteiger partial charge in [-0.3, -0.25) is 9.59 Å². The lowest BCUT2D eigenvalue weighted by Gasteiger charge is -2.33. The molecule has 0 spiro atoms. The summed E-state index contributed by atoms with van der Waals surface area (Å²) in [5.74, 6) is -3.29. The van der Waals surface area contributed by atoms with Gasteiger partial charge in [0.15, 0.2) is 0 Å². The van der Waals surface area contributed by atoms with Crippen LogP contribution in [-0.4, -0.2) is 34.7 Å². The van der Waals surface area contributed by atoms with Crippen LogP contribution in [0.5, 0.6) is 0 Å². The summed E-state index contributed by atoms with van der Waals surface area (Å²) in [4.78, 5) is 34.5. The highest BCUT2D eigenvalue weighted by molar-refractivity contribution is 5.89. The first kappa shape index (κ1) is 18.2. The van der Waals surface area contributed by atoms with E-state index in [1.165, 1.54) is 0 Å². The molecule has 0 saturated carbocycles. The molecule has 0 aliphatic heterocycles. The molecule has 0 aliphatic carbocycles. The molecule has 2 atom stereocenters. The third kappa shape index (κ3) is 5.90. The molecule has 0 aromatic heterocycles. The number of carboxylic acid groups (broad SMARTS) is 1. The maximum absolute atomic E-state index is 11.7. The number of carbonyl (C=O) groups is 3. The monoisotopic (exact) mass is 288 g/mol. The molecule has 0 bridgehead atoms. The fourth-order valence-electron chi connectivity index (χ4n) is 1.77. The van der Waals surface area contributed by atoms with Crippen LogP contribution in [0.15, 0.2) is 0 Å². The predicted octanol–water partition coefficient (Wildman–Crippen LogP) is 1.11. The number of carboxylic acids is 1. The number of amides is 2. The van der Waals surface area contributed by atoms with Crippen molar-refractivity contribution in [3.05, 3.63) is 0 Å². The van der Waals surface area contributed by atoms with Gasteiger partial charge < -0.3 is 20.9 Å². The molecule has 0 aromatic rings. The van der Waals surface area contributed by atoms with Crippen LogP contribution in [0.1, 0.15) is 41.5 Å². The van der Waals surface area contributed by atoms with Gasteiger partial charge in [-0.25, -0.2) is 4.79 Å². The van der Waals surface area contributed by atoms with Gasteiger partial charge in [0.2, 0.25) is 5.91 Å². The maximum atomic E-state index is 11.7. The summed E-state index contributed by atoms with van der Waals surface area (Å²) in [5, 5.41) is 11.5. The van der Waals surface area contributed by atoms with Crippen LogP contribution in [-0.2, 0) is 14.3 Å². The third-order valence-electron chi connectivity index (χ3n) is 2.51. The molecule has 20 heavy (non-hydrogen) atoms. The topological polar surface area (TPSA) is 119 Å². The third-order valence-corrected chi connectivity index (χ3v) is 2.51. The van der Waals surface area contributed by atoms with E-state index in [4.69, 9.17) is 10.5 Å². The number of primary amides is 1. The molecule has 0 aliphatic rings. The molecule has 4 N–H and O–H groups in total. The zero-order valence-corrected chi connectivity index (χ0v) is 12.8. The lowest BCUT2D eigenvalue weighted by Crippen LogP contribution is -2.55. The summed E-state index contributed by atoms with van der Waals surface area (Å²) in [6, 6.07) is -1.35. The van der Waals surface area contributed by atoms with Crippen molar-refractivity contribution in [3.63, 3.8) is 0 Å². The van der Waals surface area contributed by atoms with Crippen molar-refractivity contribution in [2.24, 2.45) is 17.1 Å². The standard InChI is InChI=1S/C13H24N2O5/c1-12(2,3)7(10(17)18)8(9(14)16)15-11(19)20-13(4,5)6/h7-8H,1-6H3,(H2,14,16)(H,15,19)(H,17,18)/t7?,8-/m0/s1. The van der Waals surface area contributed by atoms with Crippen molar-refractivity contribution >= 4 is 18.0 Å². The second-order valence-corrected chi connectivity index (χ2v) is 6.71. The molecular weight excluding hydrogens is 264 g/mol. The lowest BCUT2D eigenvalue weighted by molar-refractivity contribution is -0.149. The number of rotatable bonds is 4. The molecule has 0 heterocycles. The lowest BCUT2D eigenvalue weighted by atomic mass is 9.76. The molecule has 0 fully saturated rings. The molecule has 116 valence electrons. The number of ether oxygens (including phenoxy) is 1. The number of nitrogens with two attached hydrogens (primary N) is 1. The Kier molecular flexibility index (Phi) is 5.56. The fraction of sp³-hybridized carbons (Fsp3) is 0.769. The van der Waals surface area contributed by atoms with E-state index in [9.17, 15) is 19.5 Å². The average Bonchev–Trinajstić information content (AvgIpc) is 2.09. The van der Waals surface area contributed by atoms with Crippen LogP contribution in [0.3, 0.4) is 0 Å². The molecule has 2 amide bonds. The smallest absolute Gasteiger partial charge is 0.408 e. The van der Waals surface area contributed by atoms with E-state index >= 15 is 0 Å². The van der Waals surface area contributed by atoms with Crippen molar-refractivity contribution in [1.29, 1.82) is 0 Å². The zero-order valence-electron chi connectivity index (χ0n) is 12.8. The Bertz CT molecular complexity index is 393. The number of alkyl carbamates (subject to hydrolysis) is 1. The van der Waals surface area contributed by atoms with Crippen molar-refractivity contribution < 1.29 is 24.2 Å². The molecule has 0 radical (unpaired) electrons. The van der Waals surface area contributed by atoms with Crippen LogP contribution < -0.4 is 11.1 Å². The van der Waals surface area contributed by atoms with E-state index in [-0.39, 0.29) is 0 Å². The molecule has 0 aromatic carbocycles. The Morgan fingerprint density at radius 2 is 1.55 bits per heavy atom. The minimum absolute atomic E-state index is 0.757. The van der Waals surface area contributed by atoms with Gasteiger partial charge in [-0.05, 0) is 26.2 Å². The summed E-state index contributed by atoms with van der Waals surface area (Å²) in [6.45, 7) is 9.92. The molecule has 7 heteroatoms. The summed E-state index contributed by atoms with van der Waals surface area (Å²) in [7, 11) is 0. The minimum Gasteiger partial charge on any atom is -0.481 e. The summed E-state index contributed by atoms with van der Waals surface area (Å²) >= 11 is 0. The van der Waals surface area contributed by atoms with E-state index in [1.54, 1.807) is 41.5 Å². The molecular formula is C13H24N2O5. The quantitative estimate of drug-likeness (QED) is 0.716. The molecule has 0 rings (SSSR count). The fourth-order valence-corrected chi connectivity index (χ4v) is 1.77. The van der Waals surface area contributed by atoms with Crippen molar-refractivity contribution in [1.82, 2.24) is 5.32 Å². The first-order valence-electron chi connectivity index (χ1n) is 6.27. The second kappa shape index (κ2) is 6.11. The number of carbonyl (C=O) groups excluding carboxylic acids is 2.